The molecule has 0 radical (unpaired) electrons. The standard InChI is InChI=1S/C13H17NO/c1-14-7-6-11-12(8-14)9-4-2-3-5-10(9)13(11)15/h2,4,11-12H,3,5-8H2,1H3. The minimum atomic E-state index is 0.314. The summed E-state index contributed by atoms with van der Waals surface area (Å²) in [7, 11) is 2.16. The van der Waals surface area contributed by atoms with Crippen LogP contribution in [0.2, 0.25) is 0 Å². The average Bonchev–Trinajstić information content (AvgIpc) is 2.54. The number of nitrogens with zero attached hydrogens (tertiary/aromatic N) is 1. The number of Topliss-reactive ketones (excluding diaryl/α,β-unsaturated/α-hetero) is 1. The predicted octanol–water partition coefficient (Wildman–Crippen LogP) is 1.78. The first-order valence-corrected chi connectivity index (χ1v) is 5.89. The number of fused-ring (bicyclic) bond motifs is 2. The van der Waals surface area contributed by atoms with Crippen molar-refractivity contribution in [3.05, 3.63) is 23.3 Å². The lowest BCUT2D eigenvalue weighted by Gasteiger charge is -2.32. The molecule has 0 saturated carbocycles. The van der Waals surface area contributed by atoms with Crippen LogP contribution in [0.1, 0.15) is 19.3 Å². The first kappa shape index (κ1) is 9.34. The summed E-state index contributed by atoms with van der Waals surface area (Å²) in [5, 5.41) is 0. The van der Waals surface area contributed by atoms with Crippen molar-refractivity contribution in [3.8, 4) is 0 Å². The fraction of sp³-hybridized carbons (Fsp3) is 0.615. The number of hydrogen-bond acceptors (Lipinski definition) is 2. The normalized spacial score (nSPS) is 35.7. The van der Waals surface area contributed by atoms with Gasteiger partial charge in [0.05, 0.1) is 0 Å². The maximum absolute atomic E-state index is 12.2. The number of likely N-dealkylation sites (tertiary alicyclic amines) is 1. The van der Waals surface area contributed by atoms with Gasteiger partial charge in [-0.2, -0.15) is 0 Å². The molecule has 0 aromatic carbocycles. The second-order valence-electron chi connectivity index (χ2n) is 5.00. The molecule has 0 spiro atoms. The fourth-order valence-electron chi connectivity index (χ4n) is 3.26. The zero-order chi connectivity index (χ0) is 10.4. The third-order valence-corrected chi connectivity index (χ3v) is 4.06. The summed E-state index contributed by atoms with van der Waals surface area (Å²) < 4.78 is 0. The Morgan fingerprint density at radius 3 is 3.13 bits per heavy atom. The van der Waals surface area contributed by atoms with Crippen LogP contribution in [-0.2, 0) is 4.79 Å². The van der Waals surface area contributed by atoms with Gasteiger partial charge in [-0.25, -0.2) is 0 Å². The third kappa shape index (κ3) is 1.31. The minimum Gasteiger partial charge on any atom is -0.306 e. The van der Waals surface area contributed by atoms with E-state index in [9.17, 15) is 4.79 Å². The van der Waals surface area contributed by atoms with E-state index in [0.717, 1.165) is 37.9 Å². The third-order valence-electron chi connectivity index (χ3n) is 4.06. The van der Waals surface area contributed by atoms with E-state index < -0.39 is 0 Å². The van der Waals surface area contributed by atoms with E-state index in [1.807, 2.05) is 0 Å². The number of hydrogen-bond donors (Lipinski definition) is 0. The molecule has 3 aliphatic rings. The smallest absolute Gasteiger partial charge is 0.162 e. The van der Waals surface area contributed by atoms with Gasteiger partial charge in [0.1, 0.15) is 0 Å². The Hall–Kier alpha value is -0.890. The molecule has 2 nitrogen and oxygen atoms in total. The highest BCUT2D eigenvalue weighted by atomic mass is 16.1. The quantitative estimate of drug-likeness (QED) is 0.598. The molecule has 0 amide bonds. The Labute approximate surface area is 90.6 Å². The molecule has 1 saturated heterocycles. The molecule has 2 heteroatoms. The van der Waals surface area contributed by atoms with Crippen molar-refractivity contribution in [3.63, 3.8) is 0 Å². The van der Waals surface area contributed by atoms with Gasteiger partial charge >= 0.3 is 0 Å². The van der Waals surface area contributed by atoms with Gasteiger partial charge < -0.3 is 4.90 Å². The van der Waals surface area contributed by atoms with Gasteiger partial charge in [0.25, 0.3) is 0 Å². The molecule has 3 rings (SSSR count). The second kappa shape index (κ2) is 3.31. The summed E-state index contributed by atoms with van der Waals surface area (Å²) in [6.07, 6.45) is 7.53. The summed E-state index contributed by atoms with van der Waals surface area (Å²) in [5.74, 6) is 1.28. The van der Waals surface area contributed by atoms with Crippen LogP contribution in [0.15, 0.2) is 23.3 Å². The monoisotopic (exact) mass is 203 g/mol. The number of piperidine rings is 1. The van der Waals surface area contributed by atoms with Gasteiger partial charge in [0.2, 0.25) is 0 Å². The van der Waals surface area contributed by atoms with Gasteiger partial charge in [0, 0.05) is 18.4 Å². The molecule has 2 aliphatic carbocycles. The zero-order valence-corrected chi connectivity index (χ0v) is 9.20. The van der Waals surface area contributed by atoms with Crippen LogP contribution in [0.25, 0.3) is 0 Å². The van der Waals surface area contributed by atoms with Gasteiger partial charge in [0.15, 0.2) is 5.78 Å². The molecule has 0 aromatic heterocycles. The maximum Gasteiger partial charge on any atom is 0.162 e. The summed E-state index contributed by atoms with van der Waals surface area (Å²) in [6, 6.07) is 0. The van der Waals surface area contributed by atoms with Crippen LogP contribution in [-0.4, -0.2) is 30.8 Å². The van der Waals surface area contributed by atoms with Crippen molar-refractivity contribution in [2.24, 2.45) is 11.8 Å². The maximum atomic E-state index is 12.2. The van der Waals surface area contributed by atoms with E-state index in [1.54, 1.807) is 0 Å². The van der Waals surface area contributed by atoms with E-state index in [-0.39, 0.29) is 0 Å². The van der Waals surface area contributed by atoms with E-state index in [1.165, 1.54) is 5.57 Å². The summed E-state index contributed by atoms with van der Waals surface area (Å²) in [4.78, 5) is 14.5. The van der Waals surface area contributed by atoms with Crippen molar-refractivity contribution < 1.29 is 4.79 Å². The molecule has 2 atom stereocenters. The molecule has 1 fully saturated rings. The fourth-order valence-corrected chi connectivity index (χ4v) is 3.26. The molecular weight excluding hydrogens is 186 g/mol. The van der Waals surface area contributed by atoms with Crippen molar-refractivity contribution in [2.75, 3.05) is 20.1 Å². The van der Waals surface area contributed by atoms with Crippen LogP contribution in [0.5, 0.6) is 0 Å². The van der Waals surface area contributed by atoms with Gasteiger partial charge in [-0.15, -0.1) is 0 Å². The number of carbonyl (C=O) groups excluding carboxylic acids is 1. The van der Waals surface area contributed by atoms with Crippen LogP contribution in [0.3, 0.4) is 0 Å². The first-order chi connectivity index (χ1) is 7.27. The lowest BCUT2D eigenvalue weighted by atomic mass is 9.84. The number of ketones is 1. The number of carbonyl (C=O) groups is 1. The highest BCUT2D eigenvalue weighted by Crippen LogP contribution is 2.43. The summed E-state index contributed by atoms with van der Waals surface area (Å²) in [6.45, 7) is 2.15. The van der Waals surface area contributed by atoms with E-state index >= 15 is 0 Å². The molecule has 15 heavy (non-hydrogen) atoms. The Morgan fingerprint density at radius 2 is 2.27 bits per heavy atom. The molecular formula is C13H17NO. The number of allylic oxidation sites excluding steroid dienone is 3. The molecule has 1 heterocycles. The second-order valence-corrected chi connectivity index (χ2v) is 5.00. The highest BCUT2D eigenvalue weighted by Gasteiger charge is 2.43. The Bertz CT molecular complexity index is 367. The van der Waals surface area contributed by atoms with E-state index in [2.05, 4.69) is 24.1 Å². The van der Waals surface area contributed by atoms with Crippen molar-refractivity contribution >= 4 is 5.78 Å². The first-order valence-electron chi connectivity index (χ1n) is 5.89. The summed E-state index contributed by atoms with van der Waals surface area (Å²) >= 11 is 0. The Morgan fingerprint density at radius 1 is 1.40 bits per heavy atom. The topological polar surface area (TPSA) is 20.3 Å². The lowest BCUT2D eigenvalue weighted by Crippen LogP contribution is -2.38. The van der Waals surface area contributed by atoms with Gasteiger partial charge in [-0.3, -0.25) is 4.79 Å². The van der Waals surface area contributed by atoms with Gasteiger partial charge in [-0.05, 0) is 44.0 Å². The molecule has 0 N–H and O–H groups in total. The van der Waals surface area contributed by atoms with Crippen molar-refractivity contribution in [1.82, 2.24) is 4.90 Å². The predicted molar refractivity (Wildman–Crippen MR) is 59.5 cm³/mol. The van der Waals surface area contributed by atoms with Crippen LogP contribution in [0.4, 0.5) is 0 Å². The van der Waals surface area contributed by atoms with Crippen LogP contribution in [0, 0.1) is 11.8 Å². The van der Waals surface area contributed by atoms with Crippen LogP contribution >= 0.6 is 0 Å². The number of rotatable bonds is 0. The average molecular weight is 203 g/mol. The highest BCUT2D eigenvalue weighted by molar-refractivity contribution is 6.02. The van der Waals surface area contributed by atoms with Crippen LogP contribution < -0.4 is 0 Å². The minimum absolute atomic E-state index is 0.314. The molecule has 0 bridgehead atoms. The largest absolute Gasteiger partial charge is 0.306 e. The van der Waals surface area contributed by atoms with Gasteiger partial charge in [-0.1, -0.05) is 12.2 Å². The van der Waals surface area contributed by atoms with Crippen molar-refractivity contribution in [1.29, 1.82) is 0 Å². The zero-order valence-electron chi connectivity index (χ0n) is 9.20. The van der Waals surface area contributed by atoms with E-state index in [0.29, 0.717) is 17.6 Å². The Kier molecular flexibility index (Phi) is 2.06. The molecule has 0 aromatic rings. The Balaban J connectivity index is 1.97. The summed E-state index contributed by atoms with van der Waals surface area (Å²) in [5.41, 5.74) is 2.52. The van der Waals surface area contributed by atoms with Crippen molar-refractivity contribution in [2.45, 2.75) is 19.3 Å². The molecule has 2 unspecified atom stereocenters. The SMILES string of the molecule is CN1CCC2C(=O)C3=C(C=CCC3)C2C1. The molecule has 80 valence electrons. The molecule has 1 aliphatic heterocycles. The lowest BCUT2D eigenvalue weighted by molar-refractivity contribution is -0.120. The van der Waals surface area contributed by atoms with E-state index in [4.69, 9.17) is 0 Å².